The molecule has 1 amide bonds. The van der Waals surface area contributed by atoms with Gasteiger partial charge in [-0.2, -0.15) is 0 Å². The van der Waals surface area contributed by atoms with Gasteiger partial charge in [-0.3, -0.25) is 4.90 Å². The Hall–Kier alpha value is -4.06. The largest absolute Gasteiger partial charge is 0.480 e. The minimum absolute atomic E-state index is 0.0968. The van der Waals surface area contributed by atoms with E-state index in [1.165, 1.54) is 11.8 Å². The van der Waals surface area contributed by atoms with Crippen LogP contribution in [-0.4, -0.2) is 34.8 Å². The van der Waals surface area contributed by atoms with Gasteiger partial charge in [0.1, 0.15) is 12.6 Å². The molecule has 1 aromatic heterocycles. The highest BCUT2D eigenvalue weighted by atomic mass is 16.6. The first-order valence-corrected chi connectivity index (χ1v) is 10.5. The number of carbonyl (C=O) groups is 2. The monoisotopic (exact) mass is 426 g/mol. The highest BCUT2D eigenvalue weighted by Crippen LogP contribution is 2.44. The molecule has 0 aliphatic heterocycles. The number of fused-ring (bicyclic) bond motifs is 4. The van der Waals surface area contributed by atoms with E-state index in [1.54, 1.807) is 18.3 Å². The van der Waals surface area contributed by atoms with E-state index in [-0.39, 0.29) is 12.5 Å². The van der Waals surface area contributed by atoms with Crippen LogP contribution in [0.25, 0.3) is 22.0 Å². The van der Waals surface area contributed by atoms with Gasteiger partial charge in [-0.25, -0.2) is 9.59 Å². The van der Waals surface area contributed by atoms with Crippen LogP contribution in [0.5, 0.6) is 0 Å². The second kappa shape index (κ2) is 7.89. The third-order valence-electron chi connectivity index (χ3n) is 6.09. The fourth-order valence-corrected chi connectivity index (χ4v) is 4.45. The Kier molecular flexibility index (Phi) is 4.90. The number of benzene rings is 3. The summed E-state index contributed by atoms with van der Waals surface area (Å²) in [5.74, 6) is -1.20. The third kappa shape index (κ3) is 3.30. The summed E-state index contributed by atoms with van der Waals surface area (Å²) in [4.78, 5) is 29.2. The summed E-state index contributed by atoms with van der Waals surface area (Å²) in [6.07, 6.45) is 1.11. The average Bonchev–Trinajstić information content (AvgIpc) is 3.40. The molecule has 0 fully saturated rings. The Bertz CT molecular complexity index is 1280. The van der Waals surface area contributed by atoms with Crippen molar-refractivity contribution in [1.82, 2.24) is 4.98 Å². The van der Waals surface area contributed by atoms with Gasteiger partial charge < -0.3 is 14.8 Å². The molecule has 1 heterocycles. The van der Waals surface area contributed by atoms with Crippen molar-refractivity contribution in [3.8, 4) is 11.1 Å². The molecule has 1 aliphatic carbocycles. The molecule has 0 bridgehead atoms. The molecule has 6 heteroatoms. The van der Waals surface area contributed by atoms with Crippen LogP contribution < -0.4 is 4.90 Å². The van der Waals surface area contributed by atoms with E-state index in [2.05, 4.69) is 17.1 Å². The highest BCUT2D eigenvalue weighted by Gasteiger charge is 2.32. The maximum absolute atomic E-state index is 13.2. The molecule has 6 nitrogen and oxygen atoms in total. The van der Waals surface area contributed by atoms with Crippen molar-refractivity contribution >= 4 is 28.7 Å². The number of aromatic nitrogens is 1. The number of rotatable bonds is 5. The first-order valence-electron chi connectivity index (χ1n) is 10.5. The zero-order valence-electron chi connectivity index (χ0n) is 17.5. The number of nitrogens with zero attached hydrogens (tertiary/aromatic N) is 1. The van der Waals surface area contributed by atoms with Gasteiger partial charge in [-0.1, -0.05) is 48.5 Å². The lowest BCUT2D eigenvalue weighted by molar-refractivity contribution is -0.138. The highest BCUT2D eigenvalue weighted by molar-refractivity contribution is 5.97. The molecule has 4 aromatic rings. The number of H-pyrrole nitrogens is 1. The predicted molar refractivity (Wildman–Crippen MR) is 123 cm³/mol. The number of aliphatic carboxylic acids is 1. The van der Waals surface area contributed by atoms with Crippen molar-refractivity contribution in [3.05, 3.63) is 90.1 Å². The average molecular weight is 426 g/mol. The maximum atomic E-state index is 13.2. The Morgan fingerprint density at radius 2 is 1.66 bits per heavy atom. The summed E-state index contributed by atoms with van der Waals surface area (Å²) in [6, 6.07) is 22.3. The van der Waals surface area contributed by atoms with Gasteiger partial charge in [0.25, 0.3) is 0 Å². The van der Waals surface area contributed by atoms with E-state index in [0.29, 0.717) is 5.69 Å². The molecule has 32 heavy (non-hydrogen) atoms. The summed E-state index contributed by atoms with van der Waals surface area (Å²) in [7, 11) is 0. The van der Waals surface area contributed by atoms with Gasteiger partial charge in [-0.15, -0.1) is 0 Å². The lowest BCUT2D eigenvalue weighted by atomic mass is 9.98. The van der Waals surface area contributed by atoms with Crippen LogP contribution in [0, 0.1) is 0 Å². The second-order valence-corrected chi connectivity index (χ2v) is 7.94. The smallest absolute Gasteiger partial charge is 0.415 e. The van der Waals surface area contributed by atoms with Crippen molar-refractivity contribution in [2.24, 2.45) is 0 Å². The van der Waals surface area contributed by atoms with Crippen molar-refractivity contribution in [2.45, 2.75) is 18.9 Å². The van der Waals surface area contributed by atoms with Crippen LogP contribution in [0.15, 0.2) is 79.0 Å². The van der Waals surface area contributed by atoms with E-state index >= 15 is 0 Å². The molecule has 3 aromatic carbocycles. The number of carboxylic acid groups (broad SMARTS) is 1. The minimum Gasteiger partial charge on any atom is -0.480 e. The second-order valence-electron chi connectivity index (χ2n) is 7.94. The Labute approximate surface area is 185 Å². The molecular weight excluding hydrogens is 404 g/mol. The van der Waals surface area contributed by atoms with Crippen molar-refractivity contribution in [1.29, 1.82) is 0 Å². The zero-order chi connectivity index (χ0) is 22.2. The van der Waals surface area contributed by atoms with E-state index in [1.807, 2.05) is 48.5 Å². The molecular formula is C26H22N2O4. The third-order valence-corrected chi connectivity index (χ3v) is 6.09. The fraction of sp³-hybridized carbons (Fsp3) is 0.154. The molecule has 1 atom stereocenters. The normalized spacial score (nSPS) is 13.4. The first-order chi connectivity index (χ1) is 15.5. The van der Waals surface area contributed by atoms with Crippen LogP contribution in [0.1, 0.15) is 24.0 Å². The predicted octanol–water partition coefficient (Wildman–Crippen LogP) is 5.40. The molecule has 0 saturated carbocycles. The summed E-state index contributed by atoms with van der Waals surface area (Å²) < 4.78 is 5.74. The number of carbonyl (C=O) groups excluding carboxylic acids is 1. The number of amides is 1. The van der Waals surface area contributed by atoms with E-state index in [4.69, 9.17) is 4.74 Å². The van der Waals surface area contributed by atoms with Crippen LogP contribution in [0.2, 0.25) is 0 Å². The Morgan fingerprint density at radius 1 is 1.00 bits per heavy atom. The van der Waals surface area contributed by atoms with Crippen LogP contribution in [-0.2, 0) is 9.53 Å². The van der Waals surface area contributed by atoms with Crippen LogP contribution in [0.4, 0.5) is 10.5 Å². The van der Waals surface area contributed by atoms with E-state index in [9.17, 15) is 14.7 Å². The van der Waals surface area contributed by atoms with E-state index < -0.39 is 18.1 Å². The number of aromatic amines is 1. The number of anilines is 1. The molecule has 160 valence electrons. The van der Waals surface area contributed by atoms with Gasteiger partial charge >= 0.3 is 12.1 Å². The molecule has 0 saturated heterocycles. The topological polar surface area (TPSA) is 82.6 Å². The lowest BCUT2D eigenvalue weighted by Gasteiger charge is -2.27. The SMILES string of the molecule is C[C@@H](C(=O)O)N(C(=O)OCC1c2ccccc2-c2ccccc21)c1ccc2[nH]ccc2c1. The summed E-state index contributed by atoms with van der Waals surface area (Å²) in [5.41, 5.74) is 5.87. The van der Waals surface area contributed by atoms with Gasteiger partial charge in [0.05, 0.1) is 0 Å². The molecule has 0 unspecified atom stereocenters. The summed E-state index contributed by atoms with van der Waals surface area (Å²) in [5, 5.41) is 10.5. The first kappa shape index (κ1) is 19.9. The Morgan fingerprint density at radius 3 is 2.31 bits per heavy atom. The van der Waals surface area contributed by atoms with Gasteiger partial charge in [-0.05, 0) is 53.4 Å². The Balaban J connectivity index is 1.43. The molecule has 2 N–H and O–H groups in total. The van der Waals surface area contributed by atoms with E-state index in [0.717, 1.165) is 33.2 Å². The standard InChI is InChI=1S/C26H22N2O4/c1-16(25(29)30)28(18-10-11-24-17(14-18)12-13-27-24)26(31)32-15-23-21-8-4-2-6-19(21)20-7-3-5-9-22(20)23/h2-14,16,23,27H,15H2,1H3,(H,29,30)/t16-/m0/s1. The van der Waals surface area contributed by atoms with Gasteiger partial charge in [0.15, 0.2) is 0 Å². The molecule has 0 radical (unpaired) electrons. The van der Waals surface area contributed by atoms with Crippen LogP contribution >= 0.6 is 0 Å². The molecule has 5 rings (SSSR count). The maximum Gasteiger partial charge on any atom is 0.415 e. The summed E-state index contributed by atoms with van der Waals surface area (Å²) >= 11 is 0. The summed E-state index contributed by atoms with van der Waals surface area (Å²) in [6.45, 7) is 1.60. The quantitative estimate of drug-likeness (QED) is 0.448. The van der Waals surface area contributed by atoms with Crippen molar-refractivity contribution in [3.63, 3.8) is 0 Å². The van der Waals surface area contributed by atoms with Gasteiger partial charge in [0, 0.05) is 28.7 Å². The number of ether oxygens (including phenoxy) is 1. The van der Waals surface area contributed by atoms with Crippen molar-refractivity contribution in [2.75, 3.05) is 11.5 Å². The molecule has 0 spiro atoms. The number of nitrogens with one attached hydrogen (secondary N) is 1. The van der Waals surface area contributed by atoms with Crippen molar-refractivity contribution < 1.29 is 19.4 Å². The van der Waals surface area contributed by atoms with Gasteiger partial charge in [0.2, 0.25) is 0 Å². The number of hydrogen-bond acceptors (Lipinski definition) is 3. The number of hydrogen-bond donors (Lipinski definition) is 2. The lowest BCUT2D eigenvalue weighted by Crippen LogP contribution is -2.44. The fourth-order valence-electron chi connectivity index (χ4n) is 4.45. The minimum atomic E-state index is -1.10. The van der Waals surface area contributed by atoms with Crippen LogP contribution in [0.3, 0.4) is 0 Å². The number of carboxylic acids is 1. The zero-order valence-corrected chi connectivity index (χ0v) is 17.5. The molecule has 1 aliphatic rings.